The van der Waals surface area contributed by atoms with Gasteiger partial charge in [0.05, 0.1) is 7.11 Å². The van der Waals surface area contributed by atoms with Crippen molar-refractivity contribution in [1.29, 1.82) is 0 Å². The van der Waals surface area contributed by atoms with Gasteiger partial charge in [-0.25, -0.2) is 4.39 Å². The molecule has 2 atom stereocenters. The van der Waals surface area contributed by atoms with E-state index in [1.807, 2.05) is 31.2 Å². The highest BCUT2D eigenvalue weighted by atomic mass is 19.1. The Hall–Kier alpha value is -2.07. The first-order chi connectivity index (χ1) is 10.0. The lowest BCUT2D eigenvalue weighted by Crippen LogP contribution is -2.29. The Morgan fingerprint density at radius 2 is 1.86 bits per heavy atom. The van der Waals surface area contributed by atoms with Crippen LogP contribution in [0.15, 0.2) is 42.5 Å². The van der Waals surface area contributed by atoms with Crippen LogP contribution in [-0.4, -0.2) is 13.2 Å². The van der Waals surface area contributed by atoms with Crippen LogP contribution in [0.4, 0.5) is 4.39 Å². The lowest BCUT2D eigenvalue weighted by atomic mass is 10.0. The Labute approximate surface area is 124 Å². The molecule has 0 radical (unpaired) electrons. The first-order valence-corrected chi connectivity index (χ1v) is 6.84. The van der Waals surface area contributed by atoms with Gasteiger partial charge in [-0.2, -0.15) is 0 Å². The molecule has 2 aromatic rings. The maximum atomic E-state index is 13.6. The van der Waals surface area contributed by atoms with E-state index in [2.05, 4.69) is 0 Å². The average molecular weight is 289 g/mol. The van der Waals surface area contributed by atoms with Crippen LogP contribution in [0.25, 0.3) is 0 Å². The predicted molar refractivity (Wildman–Crippen MR) is 81.1 cm³/mol. The van der Waals surface area contributed by atoms with Gasteiger partial charge in [0, 0.05) is 17.7 Å². The van der Waals surface area contributed by atoms with E-state index < -0.39 is 6.10 Å². The number of para-hydroxylation sites is 1. The topological polar surface area (TPSA) is 44.5 Å². The molecule has 0 fully saturated rings. The second-order valence-corrected chi connectivity index (χ2v) is 5.05. The molecule has 0 aliphatic rings. The molecule has 2 rings (SSSR count). The van der Waals surface area contributed by atoms with Crippen molar-refractivity contribution in [3.63, 3.8) is 0 Å². The molecule has 0 saturated carbocycles. The third kappa shape index (κ3) is 3.52. The molecule has 0 aromatic heterocycles. The molecule has 0 amide bonds. The molecule has 2 unspecified atom stereocenters. The zero-order chi connectivity index (χ0) is 15.4. The summed E-state index contributed by atoms with van der Waals surface area (Å²) in [5.41, 5.74) is 7.46. The van der Waals surface area contributed by atoms with Crippen LogP contribution in [0.3, 0.4) is 0 Å². The van der Waals surface area contributed by atoms with Crippen molar-refractivity contribution in [2.75, 3.05) is 7.11 Å². The maximum absolute atomic E-state index is 13.6. The van der Waals surface area contributed by atoms with E-state index in [1.165, 1.54) is 6.07 Å². The quantitative estimate of drug-likeness (QED) is 0.914. The number of hydrogen-bond donors (Lipinski definition) is 1. The minimum atomic E-state index is -0.414. The Morgan fingerprint density at radius 1 is 1.14 bits per heavy atom. The lowest BCUT2D eigenvalue weighted by Gasteiger charge is -2.24. The largest absolute Gasteiger partial charge is 0.496 e. The van der Waals surface area contributed by atoms with Crippen molar-refractivity contribution < 1.29 is 13.9 Å². The molecule has 0 saturated heterocycles. The Morgan fingerprint density at radius 3 is 2.48 bits per heavy atom. The van der Waals surface area contributed by atoms with Crippen LogP contribution in [-0.2, 0) is 0 Å². The van der Waals surface area contributed by atoms with Gasteiger partial charge < -0.3 is 15.2 Å². The van der Waals surface area contributed by atoms with Crippen LogP contribution < -0.4 is 15.2 Å². The van der Waals surface area contributed by atoms with Crippen molar-refractivity contribution in [2.45, 2.75) is 26.0 Å². The highest BCUT2D eigenvalue weighted by Gasteiger charge is 2.22. The first-order valence-electron chi connectivity index (χ1n) is 6.84. The highest BCUT2D eigenvalue weighted by Crippen LogP contribution is 2.31. The summed E-state index contributed by atoms with van der Waals surface area (Å²) >= 11 is 0. The smallest absolute Gasteiger partial charge is 0.142 e. The Balaban J connectivity index is 2.33. The van der Waals surface area contributed by atoms with E-state index in [1.54, 1.807) is 26.2 Å². The average Bonchev–Trinajstić information content (AvgIpc) is 2.48. The fourth-order valence-corrected chi connectivity index (χ4v) is 2.15. The van der Waals surface area contributed by atoms with Crippen molar-refractivity contribution in [1.82, 2.24) is 0 Å². The zero-order valence-corrected chi connectivity index (χ0v) is 12.5. The van der Waals surface area contributed by atoms with Crippen LogP contribution >= 0.6 is 0 Å². The van der Waals surface area contributed by atoms with E-state index in [0.717, 1.165) is 5.56 Å². The van der Waals surface area contributed by atoms with Gasteiger partial charge in [-0.3, -0.25) is 0 Å². The van der Waals surface area contributed by atoms with Gasteiger partial charge in [0.25, 0.3) is 0 Å². The molecule has 0 aliphatic carbocycles. The molecule has 0 spiro atoms. The maximum Gasteiger partial charge on any atom is 0.142 e. The molecule has 2 N–H and O–H groups in total. The summed E-state index contributed by atoms with van der Waals surface area (Å²) in [6, 6.07) is 12.1. The van der Waals surface area contributed by atoms with Crippen LogP contribution in [0.2, 0.25) is 0 Å². The summed E-state index contributed by atoms with van der Waals surface area (Å²) < 4.78 is 24.9. The molecule has 0 aliphatic heterocycles. The third-order valence-corrected chi connectivity index (χ3v) is 3.33. The Bertz CT molecular complexity index is 613. The van der Waals surface area contributed by atoms with Gasteiger partial charge in [0.2, 0.25) is 0 Å². The van der Waals surface area contributed by atoms with Gasteiger partial charge >= 0.3 is 0 Å². The van der Waals surface area contributed by atoms with Gasteiger partial charge in [0.15, 0.2) is 0 Å². The fourth-order valence-electron chi connectivity index (χ4n) is 2.15. The van der Waals surface area contributed by atoms with Gasteiger partial charge in [-0.05, 0) is 31.5 Å². The van der Waals surface area contributed by atoms with Crippen LogP contribution in [0.5, 0.6) is 11.5 Å². The van der Waals surface area contributed by atoms with Crippen molar-refractivity contribution >= 4 is 0 Å². The summed E-state index contributed by atoms with van der Waals surface area (Å²) in [6.07, 6.45) is -0.414. The molecule has 0 bridgehead atoms. The van der Waals surface area contributed by atoms with E-state index in [9.17, 15) is 4.39 Å². The van der Waals surface area contributed by atoms with Crippen molar-refractivity contribution in [3.8, 4) is 11.5 Å². The minimum absolute atomic E-state index is 0.273. The number of aryl methyl sites for hydroxylation is 1. The minimum Gasteiger partial charge on any atom is -0.496 e. The summed E-state index contributed by atoms with van der Waals surface area (Å²) in [7, 11) is 1.60. The van der Waals surface area contributed by atoms with E-state index >= 15 is 0 Å². The third-order valence-electron chi connectivity index (χ3n) is 3.33. The van der Waals surface area contributed by atoms with Gasteiger partial charge in [0.1, 0.15) is 23.4 Å². The summed E-state index contributed by atoms with van der Waals surface area (Å²) in [6.45, 7) is 3.56. The Kier molecular flexibility index (Phi) is 4.81. The molecule has 112 valence electrons. The molecular weight excluding hydrogens is 269 g/mol. The molecule has 3 nitrogen and oxygen atoms in total. The summed E-state index contributed by atoms with van der Waals surface area (Å²) in [5, 5.41) is 0. The molecular formula is C17H20FNO2. The fraction of sp³-hybridized carbons (Fsp3) is 0.294. The summed E-state index contributed by atoms with van der Waals surface area (Å²) in [4.78, 5) is 0. The lowest BCUT2D eigenvalue weighted by molar-refractivity contribution is 0.175. The number of hydrogen-bond acceptors (Lipinski definition) is 3. The number of nitrogens with two attached hydrogens (primary N) is 1. The summed E-state index contributed by atoms with van der Waals surface area (Å²) in [5.74, 6) is 0.856. The predicted octanol–water partition coefficient (Wildman–Crippen LogP) is 3.61. The number of methoxy groups -OCH3 is 1. The number of benzene rings is 2. The second-order valence-electron chi connectivity index (χ2n) is 5.05. The van der Waals surface area contributed by atoms with Crippen LogP contribution in [0, 0.1) is 12.7 Å². The van der Waals surface area contributed by atoms with E-state index in [0.29, 0.717) is 17.1 Å². The van der Waals surface area contributed by atoms with Crippen molar-refractivity contribution in [3.05, 3.63) is 59.4 Å². The van der Waals surface area contributed by atoms with Gasteiger partial charge in [-0.1, -0.05) is 24.3 Å². The first kappa shape index (κ1) is 15.3. The van der Waals surface area contributed by atoms with Gasteiger partial charge in [-0.15, -0.1) is 0 Å². The molecule has 4 heteroatoms. The monoisotopic (exact) mass is 289 g/mol. The number of rotatable bonds is 5. The molecule has 0 heterocycles. The second kappa shape index (κ2) is 6.59. The molecule has 21 heavy (non-hydrogen) atoms. The number of halogens is 1. The van der Waals surface area contributed by atoms with Crippen molar-refractivity contribution in [2.24, 2.45) is 5.73 Å². The van der Waals surface area contributed by atoms with Crippen LogP contribution in [0.1, 0.15) is 24.2 Å². The normalized spacial score (nSPS) is 13.6. The zero-order valence-electron chi connectivity index (χ0n) is 12.5. The van der Waals surface area contributed by atoms with E-state index in [4.69, 9.17) is 15.2 Å². The SMILES string of the molecule is COc1ccccc1C(Oc1ccc(C)c(F)c1)C(C)N. The highest BCUT2D eigenvalue weighted by molar-refractivity contribution is 5.37. The number of ether oxygens (including phenoxy) is 2. The van der Waals surface area contributed by atoms with E-state index in [-0.39, 0.29) is 11.9 Å². The standard InChI is InChI=1S/C17H20FNO2/c1-11-8-9-13(10-15(11)18)21-17(12(2)19)14-6-4-5-7-16(14)20-3/h4-10,12,17H,19H2,1-3H3. The molecule has 2 aromatic carbocycles.